The molecule has 19 heavy (non-hydrogen) atoms. The van der Waals surface area contributed by atoms with Crippen molar-refractivity contribution in [2.24, 2.45) is 5.41 Å². The average molecular weight is 267 g/mol. The van der Waals surface area contributed by atoms with Gasteiger partial charge in [-0.15, -0.1) is 6.58 Å². The summed E-state index contributed by atoms with van der Waals surface area (Å²) in [6, 6.07) is 0. The number of aliphatic hydroxyl groups is 1. The van der Waals surface area contributed by atoms with Crippen molar-refractivity contribution < 1.29 is 14.6 Å². The third-order valence-electron chi connectivity index (χ3n) is 4.72. The van der Waals surface area contributed by atoms with Crippen molar-refractivity contribution in [3.8, 4) is 0 Å². The number of carbonyl (C=O) groups is 1. The summed E-state index contributed by atoms with van der Waals surface area (Å²) in [5.41, 5.74) is -0.0920. The predicted octanol–water partition coefficient (Wildman–Crippen LogP) is 1.73. The number of likely N-dealkylation sites (tertiary alicyclic amines) is 1. The third kappa shape index (κ3) is 2.70. The maximum Gasteiger partial charge on any atom is 0.222 e. The Balaban J connectivity index is 1.87. The molecule has 1 aliphatic carbocycles. The minimum absolute atomic E-state index is 0.0920. The van der Waals surface area contributed by atoms with Crippen LogP contribution >= 0.6 is 0 Å². The predicted molar refractivity (Wildman–Crippen MR) is 73.7 cm³/mol. The van der Waals surface area contributed by atoms with E-state index in [1.165, 1.54) is 0 Å². The van der Waals surface area contributed by atoms with Crippen molar-refractivity contribution in [2.45, 2.75) is 51.2 Å². The van der Waals surface area contributed by atoms with Gasteiger partial charge in [0.05, 0.1) is 12.2 Å². The lowest BCUT2D eigenvalue weighted by Crippen LogP contribution is -2.62. The van der Waals surface area contributed by atoms with E-state index in [0.717, 1.165) is 38.8 Å². The molecule has 2 fully saturated rings. The number of ether oxygens (including phenoxy) is 1. The first-order valence-electron chi connectivity index (χ1n) is 7.32. The Hall–Kier alpha value is -0.870. The Morgan fingerprint density at radius 3 is 2.74 bits per heavy atom. The van der Waals surface area contributed by atoms with Gasteiger partial charge in [-0.25, -0.2) is 0 Å². The first-order chi connectivity index (χ1) is 9.14. The number of amides is 1. The summed E-state index contributed by atoms with van der Waals surface area (Å²) in [6.45, 7) is 7.82. The highest BCUT2D eigenvalue weighted by Crippen LogP contribution is 2.50. The van der Waals surface area contributed by atoms with Gasteiger partial charge in [0.15, 0.2) is 0 Å². The lowest BCUT2D eigenvalue weighted by Gasteiger charge is -2.56. The van der Waals surface area contributed by atoms with Crippen molar-refractivity contribution >= 4 is 5.91 Å². The second kappa shape index (κ2) is 6.06. The van der Waals surface area contributed by atoms with Crippen LogP contribution in [-0.4, -0.2) is 47.8 Å². The quantitative estimate of drug-likeness (QED) is 0.772. The summed E-state index contributed by atoms with van der Waals surface area (Å²) in [5, 5.41) is 10.1. The maximum absolute atomic E-state index is 11.9. The number of carbonyl (C=O) groups excluding carboxylic acids is 1. The number of allylic oxidation sites excluding steroid dienone is 1. The average Bonchev–Trinajstić information content (AvgIpc) is 2.44. The molecule has 1 N–H and O–H groups in total. The molecule has 1 saturated heterocycles. The Kier molecular flexibility index (Phi) is 4.63. The lowest BCUT2D eigenvalue weighted by molar-refractivity contribution is -0.210. The van der Waals surface area contributed by atoms with E-state index < -0.39 is 0 Å². The van der Waals surface area contributed by atoms with Crippen molar-refractivity contribution in [3.05, 3.63) is 12.7 Å². The Morgan fingerprint density at radius 1 is 1.53 bits per heavy atom. The monoisotopic (exact) mass is 267 g/mol. The molecule has 2 atom stereocenters. The van der Waals surface area contributed by atoms with Crippen molar-refractivity contribution in [2.75, 3.05) is 19.7 Å². The zero-order chi connectivity index (χ0) is 13.9. The zero-order valence-corrected chi connectivity index (χ0v) is 11.8. The van der Waals surface area contributed by atoms with Crippen LogP contribution in [0, 0.1) is 5.41 Å². The molecule has 2 unspecified atom stereocenters. The fourth-order valence-corrected chi connectivity index (χ4v) is 3.37. The first kappa shape index (κ1) is 14.5. The topological polar surface area (TPSA) is 49.8 Å². The van der Waals surface area contributed by atoms with Crippen LogP contribution in [0.1, 0.15) is 39.0 Å². The summed E-state index contributed by atoms with van der Waals surface area (Å²) < 4.78 is 5.73. The molecule has 4 nitrogen and oxygen atoms in total. The van der Waals surface area contributed by atoms with E-state index >= 15 is 0 Å². The second-order valence-corrected chi connectivity index (χ2v) is 5.64. The summed E-state index contributed by atoms with van der Waals surface area (Å²) in [6.07, 6.45) is 5.46. The van der Waals surface area contributed by atoms with Crippen molar-refractivity contribution in [1.29, 1.82) is 0 Å². The Morgan fingerprint density at radius 2 is 2.21 bits per heavy atom. The smallest absolute Gasteiger partial charge is 0.222 e. The number of aliphatic hydroxyl groups excluding tert-OH is 1. The molecular formula is C15H25NO3. The minimum atomic E-state index is -0.255. The second-order valence-electron chi connectivity index (χ2n) is 5.64. The van der Waals surface area contributed by atoms with Crippen LogP contribution < -0.4 is 0 Å². The van der Waals surface area contributed by atoms with Gasteiger partial charge >= 0.3 is 0 Å². The molecule has 1 spiro atoms. The standard InChI is InChI=1S/C15H25NO3/c1-3-5-6-14(18)16-9-7-15(8-10-16)12(17)11-13(15)19-4-2/h3,12-13,17H,1,4-11H2,2H3. The highest BCUT2D eigenvalue weighted by molar-refractivity contribution is 5.76. The fraction of sp³-hybridized carbons (Fsp3) is 0.800. The summed E-state index contributed by atoms with van der Waals surface area (Å²) >= 11 is 0. The molecule has 2 aliphatic rings. The Bertz CT molecular complexity index is 332. The van der Waals surface area contributed by atoms with E-state index in [9.17, 15) is 9.90 Å². The third-order valence-corrected chi connectivity index (χ3v) is 4.72. The minimum Gasteiger partial charge on any atom is -0.392 e. The molecule has 108 valence electrons. The van der Waals surface area contributed by atoms with Crippen LogP contribution in [0.25, 0.3) is 0 Å². The lowest BCUT2D eigenvalue weighted by atomic mass is 9.58. The van der Waals surface area contributed by atoms with Crippen LogP contribution in [0.4, 0.5) is 0 Å². The highest BCUT2D eigenvalue weighted by atomic mass is 16.5. The summed E-state index contributed by atoms with van der Waals surface area (Å²) in [4.78, 5) is 13.9. The zero-order valence-electron chi connectivity index (χ0n) is 11.8. The van der Waals surface area contributed by atoms with E-state index in [1.54, 1.807) is 6.08 Å². The van der Waals surface area contributed by atoms with Gasteiger partial charge in [-0.2, -0.15) is 0 Å². The number of rotatable bonds is 5. The number of piperidine rings is 1. The number of hydrogen-bond acceptors (Lipinski definition) is 3. The first-order valence-corrected chi connectivity index (χ1v) is 7.32. The van der Waals surface area contributed by atoms with E-state index in [2.05, 4.69) is 6.58 Å². The molecule has 0 aromatic heterocycles. The van der Waals surface area contributed by atoms with E-state index in [1.807, 2.05) is 11.8 Å². The normalized spacial score (nSPS) is 29.1. The number of nitrogens with zero attached hydrogens (tertiary/aromatic N) is 1. The molecule has 0 aromatic rings. The maximum atomic E-state index is 11.9. The van der Waals surface area contributed by atoms with E-state index in [-0.39, 0.29) is 23.5 Å². The van der Waals surface area contributed by atoms with Gasteiger partial charge in [0.25, 0.3) is 0 Å². The Labute approximate surface area is 115 Å². The van der Waals surface area contributed by atoms with E-state index in [4.69, 9.17) is 4.74 Å². The molecule has 0 aromatic carbocycles. The van der Waals surface area contributed by atoms with Gasteiger partial charge in [0.2, 0.25) is 5.91 Å². The molecular weight excluding hydrogens is 242 g/mol. The molecule has 1 saturated carbocycles. The van der Waals surface area contributed by atoms with Crippen LogP contribution in [0.15, 0.2) is 12.7 Å². The largest absolute Gasteiger partial charge is 0.392 e. The molecule has 0 bridgehead atoms. The van der Waals surface area contributed by atoms with Crippen LogP contribution in [0.5, 0.6) is 0 Å². The van der Waals surface area contributed by atoms with Gasteiger partial charge in [0, 0.05) is 38.0 Å². The van der Waals surface area contributed by atoms with Gasteiger partial charge in [0.1, 0.15) is 0 Å². The molecule has 0 radical (unpaired) electrons. The van der Waals surface area contributed by atoms with E-state index in [0.29, 0.717) is 13.0 Å². The van der Waals surface area contributed by atoms with Gasteiger partial charge in [-0.05, 0) is 26.2 Å². The van der Waals surface area contributed by atoms with Gasteiger partial charge < -0.3 is 14.7 Å². The molecule has 1 amide bonds. The number of hydrogen-bond donors (Lipinski definition) is 1. The SMILES string of the molecule is C=CCCC(=O)N1CCC2(CC1)C(O)CC2OCC. The van der Waals surface area contributed by atoms with Crippen molar-refractivity contribution in [1.82, 2.24) is 4.90 Å². The van der Waals surface area contributed by atoms with Crippen LogP contribution in [-0.2, 0) is 9.53 Å². The van der Waals surface area contributed by atoms with Gasteiger partial charge in [-0.1, -0.05) is 6.08 Å². The summed E-state index contributed by atoms with van der Waals surface area (Å²) in [5.74, 6) is 0.205. The molecule has 2 rings (SSSR count). The highest BCUT2D eigenvalue weighted by Gasteiger charge is 2.56. The molecule has 4 heteroatoms. The van der Waals surface area contributed by atoms with Gasteiger partial charge in [-0.3, -0.25) is 4.79 Å². The fourth-order valence-electron chi connectivity index (χ4n) is 3.37. The summed E-state index contributed by atoms with van der Waals surface area (Å²) in [7, 11) is 0. The molecule has 1 aliphatic heterocycles. The van der Waals surface area contributed by atoms with Crippen molar-refractivity contribution in [3.63, 3.8) is 0 Å². The molecule has 1 heterocycles. The van der Waals surface area contributed by atoms with Crippen LogP contribution in [0.2, 0.25) is 0 Å². The van der Waals surface area contributed by atoms with Crippen LogP contribution in [0.3, 0.4) is 0 Å².